The summed E-state index contributed by atoms with van der Waals surface area (Å²) in [6.07, 6.45) is 6.01. The summed E-state index contributed by atoms with van der Waals surface area (Å²) in [7, 11) is 1.94. The molecule has 1 aromatic carbocycles. The number of nitrogens with one attached hydrogen (secondary N) is 1. The van der Waals surface area contributed by atoms with Crippen LogP contribution >= 0.6 is 0 Å². The summed E-state index contributed by atoms with van der Waals surface area (Å²) in [5, 5.41) is 7.64. The Morgan fingerprint density at radius 3 is 3.17 bits per heavy atom. The number of likely N-dealkylation sites (tertiary alicyclic amines) is 1. The number of nitrogens with zero attached hydrogens (tertiary/aromatic N) is 3. The minimum absolute atomic E-state index is 0.0623. The number of halogens is 1. The minimum Gasteiger partial charge on any atom is -0.380 e. The molecule has 5 nitrogen and oxygen atoms in total. The number of aromatic nitrogens is 2. The molecule has 2 fully saturated rings. The van der Waals surface area contributed by atoms with Crippen molar-refractivity contribution < 1.29 is 9.13 Å². The van der Waals surface area contributed by atoms with Gasteiger partial charge >= 0.3 is 0 Å². The Morgan fingerprint density at radius 2 is 2.38 bits per heavy atom. The van der Waals surface area contributed by atoms with Crippen molar-refractivity contribution in [2.45, 2.75) is 31.0 Å². The van der Waals surface area contributed by atoms with E-state index in [9.17, 15) is 4.39 Å². The molecule has 24 heavy (non-hydrogen) atoms. The van der Waals surface area contributed by atoms with E-state index in [1.54, 1.807) is 6.07 Å². The van der Waals surface area contributed by atoms with E-state index >= 15 is 0 Å². The second kappa shape index (κ2) is 6.18. The highest BCUT2D eigenvalue weighted by molar-refractivity contribution is 5.44. The first-order valence-electron chi connectivity index (χ1n) is 8.46. The van der Waals surface area contributed by atoms with Gasteiger partial charge in [0.05, 0.1) is 24.4 Å². The molecular weight excluding hydrogens is 307 g/mol. The topological polar surface area (TPSA) is 42.3 Å². The summed E-state index contributed by atoms with van der Waals surface area (Å²) in [4.78, 5) is 2.43. The van der Waals surface area contributed by atoms with Crippen molar-refractivity contribution in [3.8, 4) is 0 Å². The molecule has 2 aliphatic rings. The van der Waals surface area contributed by atoms with Gasteiger partial charge in [-0.3, -0.25) is 9.58 Å². The molecule has 6 heteroatoms. The highest BCUT2D eigenvalue weighted by atomic mass is 19.1. The molecule has 128 valence electrons. The summed E-state index contributed by atoms with van der Waals surface area (Å²) in [5.41, 5.74) is 2.00. The number of anilines is 1. The Morgan fingerprint density at radius 1 is 1.46 bits per heavy atom. The fourth-order valence-electron chi connectivity index (χ4n) is 3.91. The number of ether oxygens (including phenoxy) is 1. The first kappa shape index (κ1) is 15.6. The van der Waals surface area contributed by atoms with E-state index in [1.165, 1.54) is 17.7 Å². The molecule has 2 unspecified atom stereocenters. The minimum atomic E-state index is -0.211. The normalized spacial score (nSPS) is 27.2. The molecule has 4 rings (SSSR count). The van der Waals surface area contributed by atoms with Gasteiger partial charge in [0.2, 0.25) is 0 Å². The molecular formula is C18H23FN4O. The van der Waals surface area contributed by atoms with Crippen LogP contribution in [0.3, 0.4) is 0 Å². The molecule has 2 aliphatic heterocycles. The average molecular weight is 330 g/mol. The van der Waals surface area contributed by atoms with Crippen molar-refractivity contribution in [3.05, 3.63) is 48.0 Å². The van der Waals surface area contributed by atoms with E-state index < -0.39 is 0 Å². The van der Waals surface area contributed by atoms with Crippen molar-refractivity contribution in [2.75, 3.05) is 25.0 Å². The lowest BCUT2D eigenvalue weighted by atomic mass is 9.97. The van der Waals surface area contributed by atoms with Gasteiger partial charge in [-0.05, 0) is 24.6 Å². The lowest BCUT2D eigenvalue weighted by Crippen LogP contribution is -2.33. The number of benzene rings is 1. The van der Waals surface area contributed by atoms with E-state index in [1.807, 2.05) is 24.0 Å². The van der Waals surface area contributed by atoms with Crippen molar-refractivity contribution in [3.63, 3.8) is 0 Å². The average Bonchev–Trinajstić information content (AvgIpc) is 3.23. The van der Waals surface area contributed by atoms with Gasteiger partial charge in [0.25, 0.3) is 0 Å². The Labute approximate surface area is 141 Å². The predicted molar refractivity (Wildman–Crippen MR) is 90.2 cm³/mol. The molecule has 3 heterocycles. The highest BCUT2D eigenvalue weighted by Gasteiger charge is 2.45. The van der Waals surface area contributed by atoms with E-state index in [0.29, 0.717) is 6.61 Å². The Hall–Kier alpha value is -1.92. The van der Waals surface area contributed by atoms with E-state index in [4.69, 9.17) is 4.74 Å². The van der Waals surface area contributed by atoms with Crippen LogP contribution in [0.15, 0.2) is 36.7 Å². The van der Waals surface area contributed by atoms with Crippen LogP contribution in [-0.4, -0.2) is 46.0 Å². The number of aryl methyl sites for hydroxylation is 1. The molecule has 0 saturated carbocycles. The van der Waals surface area contributed by atoms with Gasteiger partial charge in [-0.15, -0.1) is 0 Å². The van der Waals surface area contributed by atoms with Crippen molar-refractivity contribution in [1.82, 2.24) is 14.7 Å². The van der Waals surface area contributed by atoms with Gasteiger partial charge < -0.3 is 10.1 Å². The van der Waals surface area contributed by atoms with Gasteiger partial charge in [-0.2, -0.15) is 5.10 Å². The first-order valence-corrected chi connectivity index (χ1v) is 8.46. The van der Waals surface area contributed by atoms with Crippen LogP contribution in [-0.2, 0) is 18.3 Å². The Bertz CT molecular complexity index is 719. The third kappa shape index (κ3) is 3.30. The molecule has 2 saturated heterocycles. The lowest BCUT2D eigenvalue weighted by molar-refractivity contribution is 0.0120. The van der Waals surface area contributed by atoms with Gasteiger partial charge in [0, 0.05) is 50.6 Å². The Balaban J connectivity index is 1.34. The van der Waals surface area contributed by atoms with Crippen LogP contribution in [0.4, 0.5) is 10.1 Å². The fraction of sp³-hybridized carbons (Fsp3) is 0.500. The lowest BCUT2D eigenvalue weighted by Gasteiger charge is -2.23. The van der Waals surface area contributed by atoms with Crippen LogP contribution < -0.4 is 5.32 Å². The largest absolute Gasteiger partial charge is 0.380 e. The van der Waals surface area contributed by atoms with Crippen LogP contribution in [0.25, 0.3) is 0 Å². The van der Waals surface area contributed by atoms with E-state index in [-0.39, 0.29) is 17.5 Å². The Kier molecular flexibility index (Phi) is 4.02. The molecule has 0 amide bonds. The van der Waals surface area contributed by atoms with Gasteiger partial charge in [-0.25, -0.2) is 4.39 Å². The van der Waals surface area contributed by atoms with E-state index in [0.717, 1.165) is 38.2 Å². The quantitative estimate of drug-likeness (QED) is 0.935. The van der Waals surface area contributed by atoms with Gasteiger partial charge in [0.15, 0.2) is 0 Å². The first-order chi connectivity index (χ1) is 11.6. The van der Waals surface area contributed by atoms with Crippen LogP contribution in [0.5, 0.6) is 0 Å². The molecule has 0 radical (unpaired) electrons. The smallest absolute Gasteiger partial charge is 0.125 e. The maximum Gasteiger partial charge on any atom is 0.125 e. The van der Waals surface area contributed by atoms with Crippen LogP contribution in [0, 0.1) is 5.82 Å². The summed E-state index contributed by atoms with van der Waals surface area (Å²) < 4.78 is 21.3. The SMILES string of the molecule is Cn1cc(CN2CCC3(CC(Nc4cccc(F)c4)CO3)C2)cn1. The van der Waals surface area contributed by atoms with Crippen molar-refractivity contribution in [2.24, 2.45) is 7.05 Å². The molecule has 1 N–H and O–H groups in total. The maximum atomic E-state index is 13.3. The van der Waals surface area contributed by atoms with Crippen molar-refractivity contribution in [1.29, 1.82) is 0 Å². The fourth-order valence-corrected chi connectivity index (χ4v) is 3.91. The van der Waals surface area contributed by atoms with Crippen LogP contribution in [0.2, 0.25) is 0 Å². The number of hydrogen-bond donors (Lipinski definition) is 1. The summed E-state index contributed by atoms with van der Waals surface area (Å²) in [6, 6.07) is 6.87. The summed E-state index contributed by atoms with van der Waals surface area (Å²) in [5.74, 6) is -0.211. The molecule has 1 spiro atoms. The zero-order valence-electron chi connectivity index (χ0n) is 13.9. The zero-order chi connectivity index (χ0) is 16.6. The highest BCUT2D eigenvalue weighted by Crippen LogP contribution is 2.36. The van der Waals surface area contributed by atoms with E-state index in [2.05, 4.69) is 21.5 Å². The molecule has 2 atom stereocenters. The van der Waals surface area contributed by atoms with Gasteiger partial charge in [-0.1, -0.05) is 6.07 Å². The second-order valence-electron chi connectivity index (χ2n) is 7.03. The molecule has 0 bridgehead atoms. The molecule has 1 aromatic heterocycles. The molecule has 0 aliphatic carbocycles. The monoisotopic (exact) mass is 330 g/mol. The van der Waals surface area contributed by atoms with Crippen molar-refractivity contribution >= 4 is 5.69 Å². The number of hydrogen-bond acceptors (Lipinski definition) is 4. The van der Waals surface area contributed by atoms with Gasteiger partial charge in [0.1, 0.15) is 5.82 Å². The maximum absolute atomic E-state index is 13.3. The zero-order valence-corrected chi connectivity index (χ0v) is 13.9. The molecule has 2 aromatic rings. The third-order valence-electron chi connectivity index (χ3n) is 4.96. The number of rotatable bonds is 4. The summed E-state index contributed by atoms with van der Waals surface area (Å²) in [6.45, 7) is 3.59. The second-order valence-corrected chi connectivity index (χ2v) is 7.03. The standard InChI is InChI=1S/C18H23FN4O/c1-22-10-14(9-20-22)11-23-6-5-18(13-23)8-17(12-24-18)21-16-4-2-3-15(19)7-16/h2-4,7,9-10,17,21H,5-6,8,11-13H2,1H3. The van der Waals surface area contributed by atoms with Crippen LogP contribution in [0.1, 0.15) is 18.4 Å². The predicted octanol–water partition coefficient (Wildman–Crippen LogP) is 2.40. The third-order valence-corrected chi connectivity index (χ3v) is 4.96. The summed E-state index contributed by atoms with van der Waals surface area (Å²) >= 11 is 0.